The molecule has 1 aliphatic rings. The smallest absolute Gasteiger partial charge is 0.263 e. The van der Waals surface area contributed by atoms with Gasteiger partial charge in [0.25, 0.3) is 5.91 Å². The largest absolute Gasteiger partial charge is 0.353 e. The standard InChI is InChI=1S/C15H17N7OS/c1-9-14(24-10(2)17-9)15(23)18-11-5-6-21(7-11)13-4-3-12-19-16-8-22(12)20-13/h3-4,8,11H,5-7H2,1-2H3,(H,18,23)/t11-/m0/s1. The second-order valence-corrected chi connectivity index (χ2v) is 7.08. The highest BCUT2D eigenvalue weighted by Gasteiger charge is 2.26. The lowest BCUT2D eigenvalue weighted by atomic mass is 10.2. The van der Waals surface area contributed by atoms with Gasteiger partial charge in [-0.2, -0.15) is 4.52 Å². The second kappa shape index (κ2) is 5.82. The third-order valence-corrected chi connectivity index (χ3v) is 5.18. The molecule has 0 spiro atoms. The minimum atomic E-state index is -0.0350. The average molecular weight is 343 g/mol. The molecule has 0 saturated carbocycles. The van der Waals surface area contributed by atoms with Gasteiger partial charge in [-0.25, -0.2) is 4.98 Å². The molecule has 1 N–H and O–H groups in total. The molecular weight excluding hydrogens is 326 g/mol. The molecular formula is C15H17N7OS. The van der Waals surface area contributed by atoms with Gasteiger partial charge in [-0.15, -0.1) is 26.6 Å². The van der Waals surface area contributed by atoms with Gasteiger partial charge < -0.3 is 10.2 Å². The summed E-state index contributed by atoms with van der Waals surface area (Å²) in [6.07, 6.45) is 2.48. The SMILES string of the molecule is Cc1nc(C)c(C(=O)N[C@H]2CCN(c3ccc4nncn4n3)C2)s1. The predicted molar refractivity (Wildman–Crippen MR) is 90.5 cm³/mol. The number of amides is 1. The number of aromatic nitrogens is 5. The lowest BCUT2D eigenvalue weighted by Gasteiger charge is -2.17. The number of anilines is 1. The van der Waals surface area contributed by atoms with Gasteiger partial charge in [-0.3, -0.25) is 4.79 Å². The van der Waals surface area contributed by atoms with E-state index in [0.29, 0.717) is 4.88 Å². The summed E-state index contributed by atoms with van der Waals surface area (Å²) in [4.78, 5) is 19.6. The number of thiazole rings is 1. The highest BCUT2D eigenvalue weighted by atomic mass is 32.1. The predicted octanol–water partition coefficient (Wildman–Crippen LogP) is 1.21. The van der Waals surface area contributed by atoms with Crippen molar-refractivity contribution in [3.05, 3.63) is 34.0 Å². The molecule has 4 rings (SSSR count). The number of carbonyl (C=O) groups is 1. The first-order valence-electron chi connectivity index (χ1n) is 7.77. The van der Waals surface area contributed by atoms with Crippen LogP contribution in [0.4, 0.5) is 5.82 Å². The molecule has 24 heavy (non-hydrogen) atoms. The van der Waals surface area contributed by atoms with Gasteiger partial charge in [-0.05, 0) is 32.4 Å². The fraction of sp³-hybridized carbons (Fsp3) is 0.400. The van der Waals surface area contributed by atoms with Crippen LogP contribution in [0.2, 0.25) is 0 Å². The number of nitrogens with zero attached hydrogens (tertiary/aromatic N) is 6. The van der Waals surface area contributed by atoms with Crippen LogP contribution in [0.5, 0.6) is 0 Å². The van der Waals surface area contributed by atoms with Crippen molar-refractivity contribution < 1.29 is 4.79 Å². The van der Waals surface area contributed by atoms with Gasteiger partial charge in [0.2, 0.25) is 0 Å². The van der Waals surface area contributed by atoms with Crippen LogP contribution in [0, 0.1) is 13.8 Å². The van der Waals surface area contributed by atoms with Crippen molar-refractivity contribution in [3.63, 3.8) is 0 Å². The van der Waals surface area contributed by atoms with Crippen LogP contribution in [0.25, 0.3) is 5.65 Å². The maximum Gasteiger partial charge on any atom is 0.263 e. The van der Waals surface area contributed by atoms with Gasteiger partial charge in [0.1, 0.15) is 17.0 Å². The number of hydrogen-bond acceptors (Lipinski definition) is 7. The normalized spacial score (nSPS) is 17.6. The number of rotatable bonds is 3. The Morgan fingerprint density at radius 1 is 1.38 bits per heavy atom. The Morgan fingerprint density at radius 3 is 3.04 bits per heavy atom. The Kier molecular flexibility index (Phi) is 3.64. The fourth-order valence-corrected chi connectivity index (χ4v) is 3.79. The van der Waals surface area contributed by atoms with Crippen LogP contribution in [0.1, 0.15) is 26.8 Å². The third kappa shape index (κ3) is 2.71. The summed E-state index contributed by atoms with van der Waals surface area (Å²) >= 11 is 1.44. The van der Waals surface area contributed by atoms with Crippen LogP contribution >= 0.6 is 11.3 Å². The minimum Gasteiger partial charge on any atom is -0.353 e. The molecule has 0 bridgehead atoms. The topological polar surface area (TPSA) is 88.3 Å². The molecule has 124 valence electrons. The molecule has 3 aromatic rings. The van der Waals surface area contributed by atoms with Gasteiger partial charge >= 0.3 is 0 Å². The summed E-state index contributed by atoms with van der Waals surface area (Å²) in [5.41, 5.74) is 1.52. The number of hydrogen-bond donors (Lipinski definition) is 1. The van der Waals surface area contributed by atoms with E-state index in [9.17, 15) is 4.79 Å². The molecule has 1 fully saturated rings. The molecule has 0 aliphatic carbocycles. The fourth-order valence-electron chi connectivity index (χ4n) is 2.97. The first kappa shape index (κ1) is 15.0. The van der Waals surface area contributed by atoms with E-state index in [1.54, 1.807) is 10.8 Å². The minimum absolute atomic E-state index is 0.0350. The van der Waals surface area contributed by atoms with Crippen molar-refractivity contribution in [2.75, 3.05) is 18.0 Å². The number of aryl methyl sites for hydroxylation is 2. The van der Waals surface area contributed by atoms with Crippen LogP contribution in [-0.2, 0) is 0 Å². The third-order valence-electron chi connectivity index (χ3n) is 4.10. The Morgan fingerprint density at radius 2 is 2.25 bits per heavy atom. The summed E-state index contributed by atoms with van der Waals surface area (Å²) in [5, 5.41) is 16.3. The van der Waals surface area contributed by atoms with Crippen molar-refractivity contribution in [1.82, 2.24) is 30.1 Å². The van der Waals surface area contributed by atoms with Crippen molar-refractivity contribution in [3.8, 4) is 0 Å². The summed E-state index contributed by atoms with van der Waals surface area (Å²) in [7, 11) is 0. The van der Waals surface area contributed by atoms with Gasteiger partial charge in [-0.1, -0.05) is 0 Å². The molecule has 0 radical (unpaired) electrons. The van der Waals surface area contributed by atoms with E-state index in [4.69, 9.17) is 0 Å². The molecule has 9 heteroatoms. The van der Waals surface area contributed by atoms with Crippen LogP contribution in [0.15, 0.2) is 18.5 Å². The van der Waals surface area contributed by atoms with Crippen molar-refractivity contribution in [2.24, 2.45) is 0 Å². The maximum absolute atomic E-state index is 12.4. The van der Waals surface area contributed by atoms with E-state index in [0.717, 1.165) is 41.7 Å². The Balaban J connectivity index is 1.44. The second-order valence-electron chi connectivity index (χ2n) is 5.88. The lowest BCUT2D eigenvalue weighted by molar-refractivity contribution is 0.0943. The zero-order chi connectivity index (χ0) is 16.7. The lowest BCUT2D eigenvalue weighted by Crippen LogP contribution is -2.37. The molecule has 3 aromatic heterocycles. The Hall–Kier alpha value is -2.55. The van der Waals surface area contributed by atoms with Gasteiger partial charge in [0, 0.05) is 19.1 Å². The maximum atomic E-state index is 12.4. The first-order chi connectivity index (χ1) is 11.6. The van der Waals surface area contributed by atoms with Gasteiger partial charge in [0.05, 0.1) is 10.7 Å². The van der Waals surface area contributed by atoms with E-state index in [-0.39, 0.29) is 11.9 Å². The Bertz CT molecular complexity index is 902. The van der Waals surface area contributed by atoms with E-state index >= 15 is 0 Å². The molecule has 8 nitrogen and oxygen atoms in total. The average Bonchev–Trinajstić information content (AvgIpc) is 3.26. The Labute approximate surface area is 142 Å². The van der Waals surface area contributed by atoms with Crippen LogP contribution < -0.4 is 10.2 Å². The van der Waals surface area contributed by atoms with E-state index in [1.165, 1.54) is 11.3 Å². The van der Waals surface area contributed by atoms with Crippen LogP contribution in [0.3, 0.4) is 0 Å². The summed E-state index contributed by atoms with van der Waals surface area (Å²) < 4.78 is 1.66. The van der Waals surface area contributed by atoms with Crippen molar-refractivity contribution in [2.45, 2.75) is 26.3 Å². The highest BCUT2D eigenvalue weighted by Crippen LogP contribution is 2.20. The van der Waals surface area contributed by atoms with Crippen molar-refractivity contribution in [1.29, 1.82) is 0 Å². The zero-order valence-electron chi connectivity index (χ0n) is 13.4. The number of nitrogens with one attached hydrogen (secondary N) is 1. The molecule has 1 saturated heterocycles. The first-order valence-corrected chi connectivity index (χ1v) is 8.59. The summed E-state index contributed by atoms with van der Waals surface area (Å²) in [5.74, 6) is 0.830. The highest BCUT2D eigenvalue weighted by molar-refractivity contribution is 7.13. The van der Waals surface area contributed by atoms with E-state index < -0.39 is 0 Å². The molecule has 4 heterocycles. The number of fused-ring (bicyclic) bond motifs is 1. The zero-order valence-corrected chi connectivity index (χ0v) is 14.2. The van der Waals surface area contributed by atoms with E-state index in [1.807, 2.05) is 26.0 Å². The summed E-state index contributed by atoms with van der Waals surface area (Å²) in [6.45, 7) is 5.38. The molecule has 1 amide bonds. The molecule has 0 aromatic carbocycles. The summed E-state index contributed by atoms with van der Waals surface area (Å²) in [6, 6.07) is 3.94. The monoisotopic (exact) mass is 343 g/mol. The quantitative estimate of drug-likeness (QED) is 0.769. The molecule has 1 aliphatic heterocycles. The number of carbonyl (C=O) groups excluding carboxylic acids is 1. The molecule has 1 atom stereocenters. The van der Waals surface area contributed by atoms with Gasteiger partial charge in [0.15, 0.2) is 5.65 Å². The van der Waals surface area contributed by atoms with E-state index in [2.05, 4.69) is 30.5 Å². The van der Waals surface area contributed by atoms with Crippen LogP contribution in [-0.4, -0.2) is 49.8 Å². The molecule has 0 unspecified atom stereocenters. The van der Waals surface area contributed by atoms with Crippen molar-refractivity contribution >= 4 is 28.7 Å².